The van der Waals surface area contributed by atoms with Crippen molar-refractivity contribution in [3.8, 4) is 0 Å². The van der Waals surface area contributed by atoms with Gasteiger partial charge < -0.3 is 9.84 Å². The van der Waals surface area contributed by atoms with Crippen LogP contribution in [0, 0.1) is 5.41 Å². The van der Waals surface area contributed by atoms with E-state index in [9.17, 15) is 5.11 Å². The largest absolute Gasteiger partial charge is 0.391 e. The molecule has 1 aliphatic carbocycles. The molecule has 2 saturated heterocycles. The van der Waals surface area contributed by atoms with Crippen LogP contribution in [-0.2, 0) is 4.74 Å². The van der Waals surface area contributed by atoms with Crippen molar-refractivity contribution in [3.63, 3.8) is 0 Å². The normalized spacial score (nSPS) is 45.6. The lowest BCUT2D eigenvalue weighted by Gasteiger charge is -2.36. The van der Waals surface area contributed by atoms with Crippen LogP contribution in [0.15, 0.2) is 0 Å². The SMILES string of the molecule is OC1CCCCC1N1CCC2(CCOC2)C1. The second-order valence-electron chi connectivity index (χ2n) is 5.94. The Labute approximate surface area is 97.8 Å². The number of hydrogen-bond donors (Lipinski definition) is 1. The van der Waals surface area contributed by atoms with Crippen LogP contribution in [-0.4, -0.2) is 48.5 Å². The quantitative estimate of drug-likeness (QED) is 0.732. The van der Waals surface area contributed by atoms with Crippen LogP contribution in [0.4, 0.5) is 0 Å². The van der Waals surface area contributed by atoms with Crippen LogP contribution in [0.25, 0.3) is 0 Å². The molecule has 0 radical (unpaired) electrons. The molecule has 1 spiro atoms. The molecule has 0 amide bonds. The second-order valence-corrected chi connectivity index (χ2v) is 5.94. The maximum atomic E-state index is 10.1. The fraction of sp³-hybridized carbons (Fsp3) is 1.00. The summed E-state index contributed by atoms with van der Waals surface area (Å²) in [7, 11) is 0. The zero-order valence-corrected chi connectivity index (χ0v) is 10.0. The average molecular weight is 225 g/mol. The molecular formula is C13H23NO2. The molecule has 3 unspecified atom stereocenters. The lowest BCUT2D eigenvalue weighted by molar-refractivity contribution is 0.0247. The van der Waals surface area contributed by atoms with E-state index in [0.29, 0.717) is 11.5 Å². The highest BCUT2D eigenvalue weighted by Crippen LogP contribution is 2.40. The zero-order valence-electron chi connectivity index (χ0n) is 10.0. The summed E-state index contributed by atoms with van der Waals surface area (Å²) in [6.07, 6.45) is 7.12. The molecule has 3 nitrogen and oxygen atoms in total. The maximum Gasteiger partial charge on any atom is 0.0695 e. The van der Waals surface area contributed by atoms with Gasteiger partial charge in [-0.1, -0.05) is 12.8 Å². The van der Waals surface area contributed by atoms with E-state index in [0.717, 1.165) is 26.2 Å². The van der Waals surface area contributed by atoms with Crippen LogP contribution >= 0.6 is 0 Å². The van der Waals surface area contributed by atoms with Gasteiger partial charge >= 0.3 is 0 Å². The highest BCUT2D eigenvalue weighted by Gasteiger charge is 2.44. The summed E-state index contributed by atoms with van der Waals surface area (Å²) in [4.78, 5) is 2.54. The molecule has 3 fully saturated rings. The lowest BCUT2D eigenvalue weighted by atomic mass is 9.86. The second kappa shape index (κ2) is 4.28. The Morgan fingerprint density at radius 2 is 2.06 bits per heavy atom. The fourth-order valence-electron chi connectivity index (χ4n) is 3.74. The van der Waals surface area contributed by atoms with Crippen molar-refractivity contribution in [2.45, 2.75) is 50.7 Å². The van der Waals surface area contributed by atoms with Gasteiger partial charge in [-0.15, -0.1) is 0 Å². The number of rotatable bonds is 1. The third-order valence-corrected chi connectivity index (χ3v) is 4.82. The van der Waals surface area contributed by atoms with E-state index in [-0.39, 0.29) is 6.10 Å². The number of hydrogen-bond acceptors (Lipinski definition) is 3. The van der Waals surface area contributed by atoms with E-state index < -0.39 is 0 Å². The first-order valence-electron chi connectivity index (χ1n) is 6.79. The van der Waals surface area contributed by atoms with Crippen LogP contribution in [0.5, 0.6) is 0 Å². The topological polar surface area (TPSA) is 32.7 Å². The Morgan fingerprint density at radius 1 is 1.19 bits per heavy atom. The first-order chi connectivity index (χ1) is 7.79. The molecule has 0 aromatic rings. The molecule has 2 aliphatic heterocycles. The van der Waals surface area contributed by atoms with Gasteiger partial charge in [0, 0.05) is 24.6 Å². The van der Waals surface area contributed by atoms with Gasteiger partial charge in [0.2, 0.25) is 0 Å². The van der Waals surface area contributed by atoms with E-state index in [2.05, 4.69) is 4.90 Å². The molecule has 0 aromatic carbocycles. The van der Waals surface area contributed by atoms with E-state index in [1.165, 1.54) is 38.6 Å². The Hall–Kier alpha value is -0.120. The van der Waals surface area contributed by atoms with Crippen molar-refractivity contribution in [1.82, 2.24) is 4.90 Å². The van der Waals surface area contributed by atoms with Gasteiger partial charge in [0.05, 0.1) is 12.7 Å². The van der Waals surface area contributed by atoms with Gasteiger partial charge in [-0.3, -0.25) is 4.90 Å². The summed E-state index contributed by atoms with van der Waals surface area (Å²) in [5.74, 6) is 0. The van der Waals surface area contributed by atoms with Gasteiger partial charge in [-0.2, -0.15) is 0 Å². The number of nitrogens with zero attached hydrogens (tertiary/aromatic N) is 1. The number of aliphatic hydroxyl groups is 1. The minimum absolute atomic E-state index is 0.0776. The molecule has 1 N–H and O–H groups in total. The maximum absolute atomic E-state index is 10.1. The first-order valence-corrected chi connectivity index (χ1v) is 6.79. The minimum atomic E-state index is -0.0776. The van der Waals surface area contributed by atoms with Crippen molar-refractivity contribution in [1.29, 1.82) is 0 Å². The predicted octanol–water partition coefficient (Wildman–Crippen LogP) is 1.40. The minimum Gasteiger partial charge on any atom is -0.391 e. The number of aliphatic hydroxyl groups excluding tert-OH is 1. The molecule has 0 aromatic heterocycles. The number of ether oxygens (including phenoxy) is 1. The van der Waals surface area contributed by atoms with Gasteiger partial charge in [-0.25, -0.2) is 0 Å². The fourth-order valence-corrected chi connectivity index (χ4v) is 3.74. The molecule has 3 heteroatoms. The van der Waals surface area contributed by atoms with E-state index in [1.807, 2.05) is 0 Å². The van der Waals surface area contributed by atoms with Crippen molar-refractivity contribution in [2.75, 3.05) is 26.3 Å². The summed E-state index contributed by atoms with van der Waals surface area (Å²) in [6.45, 7) is 4.23. The molecule has 3 aliphatic rings. The number of likely N-dealkylation sites (tertiary alicyclic amines) is 1. The van der Waals surface area contributed by atoms with Crippen molar-refractivity contribution >= 4 is 0 Å². The molecule has 1 saturated carbocycles. The van der Waals surface area contributed by atoms with Crippen LogP contribution in [0.3, 0.4) is 0 Å². The highest BCUT2D eigenvalue weighted by molar-refractivity contribution is 4.96. The standard InChI is InChI=1S/C13H23NO2/c15-12-4-2-1-3-11(12)14-7-5-13(9-14)6-8-16-10-13/h11-12,15H,1-10H2. The summed E-state index contributed by atoms with van der Waals surface area (Å²) in [6, 6.07) is 0.439. The predicted molar refractivity (Wildman–Crippen MR) is 62.3 cm³/mol. The third kappa shape index (κ3) is 1.89. The first kappa shape index (κ1) is 11.0. The molecular weight excluding hydrogens is 202 g/mol. The Kier molecular flexibility index (Phi) is 2.94. The molecule has 0 bridgehead atoms. The van der Waals surface area contributed by atoms with Crippen molar-refractivity contribution < 1.29 is 9.84 Å². The van der Waals surface area contributed by atoms with E-state index in [4.69, 9.17) is 4.74 Å². The van der Waals surface area contributed by atoms with Crippen molar-refractivity contribution in [2.24, 2.45) is 5.41 Å². The summed E-state index contributed by atoms with van der Waals surface area (Å²) in [5, 5.41) is 10.1. The Balaban J connectivity index is 1.63. The van der Waals surface area contributed by atoms with Crippen LogP contribution in [0.2, 0.25) is 0 Å². The zero-order chi connectivity index (χ0) is 11.0. The van der Waals surface area contributed by atoms with Gasteiger partial charge in [0.1, 0.15) is 0 Å². The molecule has 3 rings (SSSR count). The van der Waals surface area contributed by atoms with Crippen LogP contribution in [0.1, 0.15) is 38.5 Å². The van der Waals surface area contributed by atoms with E-state index >= 15 is 0 Å². The Bertz CT molecular complexity index is 250. The molecule has 16 heavy (non-hydrogen) atoms. The lowest BCUT2D eigenvalue weighted by Crippen LogP contribution is -2.45. The smallest absolute Gasteiger partial charge is 0.0695 e. The van der Waals surface area contributed by atoms with Crippen LogP contribution < -0.4 is 0 Å². The monoisotopic (exact) mass is 225 g/mol. The summed E-state index contributed by atoms with van der Waals surface area (Å²) < 4.78 is 5.56. The van der Waals surface area contributed by atoms with Crippen molar-refractivity contribution in [3.05, 3.63) is 0 Å². The highest BCUT2D eigenvalue weighted by atomic mass is 16.5. The molecule has 3 atom stereocenters. The Morgan fingerprint density at radius 3 is 2.81 bits per heavy atom. The third-order valence-electron chi connectivity index (χ3n) is 4.82. The van der Waals surface area contributed by atoms with Gasteiger partial charge in [0.25, 0.3) is 0 Å². The summed E-state index contributed by atoms with van der Waals surface area (Å²) in [5.41, 5.74) is 0.442. The van der Waals surface area contributed by atoms with Gasteiger partial charge in [0.15, 0.2) is 0 Å². The van der Waals surface area contributed by atoms with Gasteiger partial charge in [-0.05, 0) is 32.2 Å². The molecule has 92 valence electrons. The summed E-state index contributed by atoms with van der Waals surface area (Å²) >= 11 is 0. The average Bonchev–Trinajstić information content (AvgIpc) is 2.91. The molecule has 2 heterocycles. The van der Waals surface area contributed by atoms with E-state index in [1.54, 1.807) is 0 Å².